The van der Waals surface area contributed by atoms with Crippen molar-refractivity contribution in [2.75, 3.05) is 19.3 Å². The lowest BCUT2D eigenvalue weighted by Gasteiger charge is -2.23. The molecule has 1 amide bonds. The number of hydrogen-bond acceptors (Lipinski definition) is 4. The number of halogens is 1. The Labute approximate surface area is 123 Å². The monoisotopic (exact) mass is 319 g/mol. The summed E-state index contributed by atoms with van der Waals surface area (Å²) in [6.07, 6.45) is 0. The molecule has 4 N–H and O–H groups in total. The third-order valence-corrected chi connectivity index (χ3v) is 4.67. The first-order chi connectivity index (χ1) is 9.10. The Morgan fingerprint density at radius 3 is 2.55 bits per heavy atom. The van der Waals surface area contributed by atoms with Crippen LogP contribution in [0.15, 0.2) is 23.1 Å². The highest BCUT2D eigenvalue weighted by molar-refractivity contribution is 7.89. The first-order valence-electron chi connectivity index (χ1n) is 5.87. The van der Waals surface area contributed by atoms with E-state index in [0.29, 0.717) is 5.69 Å². The number of anilines is 1. The third-order valence-electron chi connectivity index (χ3n) is 2.79. The quantitative estimate of drug-likeness (QED) is 0.704. The topological polar surface area (TPSA) is 101 Å². The molecule has 6 nitrogen and oxygen atoms in total. The zero-order valence-corrected chi connectivity index (χ0v) is 13.1. The van der Waals surface area contributed by atoms with Gasteiger partial charge in [0.1, 0.15) is 4.90 Å². The number of benzene rings is 1. The van der Waals surface area contributed by atoms with Crippen molar-refractivity contribution in [3.63, 3.8) is 0 Å². The Kier molecular flexibility index (Phi) is 5.01. The van der Waals surface area contributed by atoms with E-state index in [1.54, 1.807) is 13.8 Å². The smallest absolute Gasteiger partial charge is 0.242 e. The van der Waals surface area contributed by atoms with Crippen LogP contribution in [-0.4, -0.2) is 27.9 Å². The zero-order chi connectivity index (χ0) is 15.6. The summed E-state index contributed by atoms with van der Waals surface area (Å²) in [4.78, 5) is 11.5. The molecule has 0 saturated carbocycles. The molecule has 0 spiro atoms. The highest BCUT2D eigenvalue weighted by Crippen LogP contribution is 2.24. The lowest BCUT2D eigenvalue weighted by molar-refractivity contribution is -0.128. The second kappa shape index (κ2) is 5.99. The molecule has 0 heterocycles. The Hall–Kier alpha value is -1.31. The van der Waals surface area contributed by atoms with Gasteiger partial charge in [-0.2, -0.15) is 0 Å². The maximum atomic E-state index is 12.2. The van der Waals surface area contributed by atoms with Crippen LogP contribution >= 0.6 is 11.6 Å². The van der Waals surface area contributed by atoms with Crippen molar-refractivity contribution in [3.8, 4) is 0 Å². The van der Waals surface area contributed by atoms with E-state index in [-0.39, 0.29) is 22.4 Å². The molecule has 0 saturated heterocycles. The lowest BCUT2D eigenvalue weighted by atomic mass is 9.93. The Morgan fingerprint density at radius 1 is 1.40 bits per heavy atom. The summed E-state index contributed by atoms with van der Waals surface area (Å²) >= 11 is 5.87. The van der Waals surface area contributed by atoms with Crippen LogP contribution in [0.1, 0.15) is 13.8 Å². The molecule has 0 fully saturated rings. The van der Waals surface area contributed by atoms with Crippen molar-refractivity contribution in [2.24, 2.45) is 5.41 Å². The molecule has 0 aliphatic rings. The number of nitrogens with one attached hydrogen (secondary N) is 2. The molecule has 0 bridgehead atoms. The van der Waals surface area contributed by atoms with E-state index in [4.69, 9.17) is 17.3 Å². The van der Waals surface area contributed by atoms with Gasteiger partial charge in [0, 0.05) is 19.3 Å². The first-order valence-corrected chi connectivity index (χ1v) is 7.73. The van der Waals surface area contributed by atoms with Crippen LogP contribution in [0, 0.1) is 5.41 Å². The van der Waals surface area contributed by atoms with Crippen LogP contribution in [0.4, 0.5) is 5.69 Å². The predicted octanol–water partition coefficient (Wildman–Crippen LogP) is 0.973. The maximum absolute atomic E-state index is 12.2. The molecular weight excluding hydrogens is 302 g/mol. The standard InChI is InChI=1S/C12H18ClN3O3S/c1-12(2,11(17)15-3)7-16-20(18,19)10-6-8(14)4-5-9(10)13/h4-6,16H,7,14H2,1-3H3,(H,15,17). The van der Waals surface area contributed by atoms with E-state index in [2.05, 4.69) is 10.0 Å². The lowest BCUT2D eigenvalue weighted by Crippen LogP contribution is -2.43. The van der Waals surface area contributed by atoms with Gasteiger partial charge in [-0.25, -0.2) is 13.1 Å². The molecule has 0 radical (unpaired) electrons. The minimum Gasteiger partial charge on any atom is -0.399 e. The average Bonchev–Trinajstić information content (AvgIpc) is 2.38. The number of carbonyl (C=O) groups is 1. The molecule has 1 aromatic rings. The number of nitrogen functional groups attached to an aromatic ring is 1. The summed E-state index contributed by atoms with van der Waals surface area (Å²) in [6, 6.07) is 4.20. The van der Waals surface area contributed by atoms with Gasteiger partial charge in [0.15, 0.2) is 0 Å². The largest absolute Gasteiger partial charge is 0.399 e. The fourth-order valence-electron chi connectivity index (χ4n) is 1.50. The number of carbonyl (C=O) groups excluding carboxylic acids is 1. The van der Waals surface area contributed by atoms with Crippen molar-refractivity contribution in [1.29, 1.82) is 0 Å². The van der Waals surface area contributed by atoms with Gasteiger partial charge in [0.05, 0.1) is 10.4 Å². The van der Waals surface area contributed by atoms with E-state index in [1.165, 1.54) is 25.2 Å². The molecule has 0 unspecified atom stereocenters. The number of amides is 1. The number of sulfonamides is 1. The van der Waals surface area contributed by atoms with Crippen LogP contribution in [0.3, 0.4) is 0 Å². The van der Waals surface area contributed by atoms with Gasteiger partial charge in [-0.05, 0) is 32.0 Å². The van der Waals surface area contributed by atoms with Gasteiger partial charge in [-0.3, -0.25) is 4.79 Å². The molecule has 8 heteroatoms. The van der Waals surface area contributed by atoms with Gasteiger partial charge in [-0.1, -0.05) is 11.6 Å². The van der Waals surface area contributed by atoms with Gasteiger partial charge in [-0.15, -0.1) is 0 Å². The summed E-state index contributed by atoms with van der Waals surface area (Å²) in [5, 5.41) is 2.56. The van der Waals surface area contributed by atoms with E-state index < -0.39 is 15.4 Å². The predicted molar refractivity (Wildman–Crippen MR) is 78.9 cm³/mol. The van der Waals surface area contributed by atoms with Crippen molar-refractivity contribution in [2.45, 2.75) is 18.7 Å². The number of rotatable bonds is 5. The minimum absolute atomic E-state index is 0.0554. The average molecular weight is 320 g/mol. The minimum atomic E-state index is -3.83. The van der Waals surface area contributed by atoms with Crippen molar-refractivity contribution >= 4 is 33.2 Å². The fourth-order valence-corrected chi connectivity index (χ4v) is 3.24. The Morgan fingerprint density at radius 2 is 2.00 bits per heavy atom. The van der Waals surface area contributed by atoms with E-state index >= 15 is 0 Å². The third kappa shape index (κ3) is 3.84. The van der Waals surface area contributed by atoms with Gasteiger partial charge in [0.2, 0.25) is 15.9 Å². The first kappa shape index (κ1) is 16.7. The molecule has 0 atom stereocenters. The van der Waals surface area contributed by atoms with Crippen molar-refractivity contribution in [3.05, 3.63) is 23.2 Å². The SMILES string of the molecule is CNC(=O)C(C)(C)CNS(=O)(=O)c1cc(N)ccc1Cl. The molecule has 1 rings (SSSR count). The summed E-state index contributed by atoms with van der Waals surface area (Å²) in [5.41, 5.74) is 4.97. The highest BCUT2D eigenvalue weighted by Gasteiger charge is 2.29. The molecule has 0 aliphatic carbocycles. The van der Waals surface area contributed by atoms with Crippen LogP contribution in [0.5, 0.6) is 0 Å². The summed E-state index contributed by atoms with van der Waals surface area (Å²) < 4.78 is 26.7. The van der Waals surface area contributed by atoms with Crippen LogP contribution in [-0.2, 0) is 14.8 Å². The molecular formula is C12H18ClN3O3S. The molecule has 20 heavy (non-hydrogen) atoms. The maximum Gasteiger partial charge on any atom is 0.242 e. The normalized spacial score (nSPS) is 12.2. The fraction of sp³-hybridized carbons (Fsp3) is 0.417. The molecule has 0 aliphatic heterocycles. The molecule has 1 aromatic carbocycles. The molecule has 0 aromatic heterocycles. The van der Waals surface area contributed by atoms with Gasteiger partial charge in [0.25, 0.3) is 0 Å². The van der Waals surface area contributed by atoms with Crippen LogP contribution in [0.2, 0.25) is 5.02 Å². The Bertz CT molecular complexity index is 614. The summed E-state index contributed by atoms with van der Waals surface area (Å²) in [5.74, 6) is -0.265. The summed E-state index contributed by atoms with van der Waals surface area (Å²) in [6.45, 7) is 3.21. The van der Waals surface area contributed by atoms with E-state index in [1.807, 2.05) is 0 Å². The second-order valence-electron chi connectivity index (χ2n) is 4.98. The van der Waals surface area contributed by atoms with E-state index in [0.717, 1.165) is 0 Å². The van der Waals surface area contributed by atoms with Gasteiger partial charge < -0.3 is 11.1 Å². The van der Waals surface area contributed by atoms with Crippen molar-refractivity contribution < 1.29 is 13.2 Å². The van der Waals surface area contributed by atoms with Crippen molar-refractivity contribution in [1.82, 2.24) is 10.0 Å². The van der Waals surface area contributed by atoms with E-state index in [9.17, 15) is 13.2 Å². The van der Waals surface area contributed by atoms with Gasteiger partial charge >= 0.3 is 0 Å². The Balaban J connectivity index is 2.97. The zero-order valence-electron chi connectivity index (χ0n) is 11.5. The number of nitrogens with two attached hydrogens (primary N) is 1. The van der Waals surface area contributed by atoms with Crippen LogP contribution in [0.25, 0.3) is 0 Å². The highest BCUT2D eigenvalue weighted by atomic mass is 35.5. The number of hydrogen-bond donors (Lipinski definition) is 3. The molecule has 112 valence electrons. The second-order valence-corrected chi connectivity index (χ2v) is 7.12. The summed E-state index contributed by atoms with van der Waals surface area (Å²) in [7, 11) is -2.34. The van der Waals surface area contributed by atoms with Crippen LogP contribution < -0.4 is 15.8 Å².